The van der Waals surface area contributed by atoms with Crippen LogP contribution >= 0.6 is 0 Å². The van der Waals surface area contributed by atoms with Crippen molar-refractivity contribution >= 4 is 5.91 Å². The van der Waals surface area contributed by atoms with Crippen LogP contribution in [0.15, 0.2) is 42.6 Å². The first-order valence-electron chi connectivity index (χ1n) is 8.48. The van der Waals surface area contributed by atoms with Crippen LogP contribution in [-0.4, -0.2) is 32.1 Å². The van der Waals surface area contributed by atoms with E-state index in [0.29, 0.717) is 18.2 Å². The molecule has 0 aliphatic heterocycles. The van der Waals surface area contributed by atoms with Crippen LogP contribution in [0.3, 0.4) is 0 Å². The minimum Gasteiger partial charge on any atom is -0.331 e. The van der Waals surface area contributed by atoms with Gasteiger partial charge in [0.2, 0.25) is 0 Å². The van der Waals surface area contributed by atoms with Crippen LogP contribution in [0.5, 0.6) is 0 Å². The Balaban J connectivity index is 1.81. The van der Waals surface area contributed by atoms with E-state index in [1.807, 2.05) is 43.1 Å². The lowest BCUT2D eigenvalue weighted by Gasteiger charge is -2.28. The predicted octanol–water partition coefficient (Wildman–Crippen LogP) is 3.12. The van der Waals surface area contributed by atoms with Gasteiger partial charge in [-0.3, -0.25) is 14.5 Å². The molecule has 5 nitrogen and oxygen atoms in total. The molecular weight excluding hydrogens is 300 g/mol. The fraction of sp³-hybridized carbons (Fsp3) is 0.421. The van der Waals surface area contributed by atoms with Crippen LogP contribution in [0.1, 0.15) is 41.1 Å². The van der Waals surface area contributed by atoms with E-state index in [-0.39, 0.29) is 5.91 Å². The van der Waals surface area contributed by atoms with Gasteiger partial charge in [0.05, 0.1) is 17.9 Å². The normalized spacial score (nSPS) is 17.0. The molecule has 1 atom stereocenters. The van der Waals surface area contributed by atoms with Crippen molar-refractivity contribution in [1.29, 1.82) is 0 Å². The van der Waals surface area contributed by atoms with Crippen molar-refractivity contribution in [3.8, 4) is 0 Å². The second kappa shape index (κ2) is 7.43. The molecule has 1 aliphatic rings. The zero-order valence-electron chi connectivity index (χ0n) is 14.4. The van der Waals surface area contributed by atoms with E-state index in [1.54, 1.807) is 10.9 Å². The Bertz CT molecular complexity index is 720. The molecule has 2 aromatic rings. The van der Waals surface area contributed by atoms with Crippen LogP contribution in [0, 0.1) is 12.8 Å². The Kier molecular flexibility index (Phi) is 5.08. The van der Waals surface area contributed by atoms with Gasteiger partial charge in [0.25, 0.3) is 5.91 Å². The van der Waals surface area contributed by atoms with Crippen molar-refractivity contribution in [1.82, 2.24) is 19.7 Å². The van der Waals surface area contributed by atoms with Crippen LogP contribution < -0.4 is 0 Å². The Morgan fingerprint density at radius 2 is 2.25 bits per heavy atom. The molecular formula is C19H24N4O. The average molecular weight is 324 g/mol. The molecule has 0 saturated carbocycles. The summed E-state index contributed by atoms with van der Waals surface area (Å²) < 4.78 is 1.67. The third-order valence-corrected chi connectivity index (χ3v) is 4.44. The monoisotopic (exact) mass is 324 g/mol. The first-order chi connectivity index (χ1) is 11.6. The summed E-state index contributed by atoms with van der Waals surface area (Å²) in [6, 6.07) is 7.68. The molecule has 0 aromatic carbocycles. The second-order valence-electron chi connectivity index (χ2n) is 6.45. The molecule has 0 radical (unpaired) electrons. The van der Waals surface area contributed by atoms with Gasteiger partial charge in [-0.2, -0.15) is 5.10 Å². The van der Waals surface area contributed by atoms with Crippen molar-refractivity contribution in [3.05, 3.63) is 59.7 Å². The van der Waals surface area contributed by atoms with Gasteiger partial charge in [-0.1, -0.05) is 18.2 Å². The Morgan fingerprint density at radius 1 is 1.38 bits per heavy atom. The minimum absolute atomic E-state index is 0.0262. The number of carbonyl (C=O) groups is 1. The summed E-state index contributed by atoms with van der Waals surface area (Å²) in [7, 11) is 1.82. The number of aromatic nitrogens is 3. The van der Waals surface area contributed by atoms with Gasteiger partial charge in [-0.25, -0.2) is 0 Å². The van der Waals surface area contributed by atoms with E-state index in [1.165, 1.54) is 0 Å². The highest BCUT2D eigenvalue weighted by Crippen LogP contribution is 2.21. The number of carbonyl (C=O) groups excluding carboxylic acids is 1. The summed E-state index contributed by atoms with van der Waals surface area (Å²) in [5.74, 6) is 0.537. The van der Waals surface area contributed by atoms with Gasteiger partial charge >= 0.3 is 0 Å². The molecule has 2 heterocycles. The number of amides is 1. The zero-order chi connectivity index (χ0) is 16.9. The largest absolute Gasteiger partial charge is 0.331 e. The Hall–Kier alpha value is -2.43. The predicted molar refractivity (Wildman–Crippen MR) is 93.4 cm³/mol. The molecule has 0 bridgehead atoms. The third-order valence-electron chi connectivity index (χ3n) is 4.44. The van der Waals surface area contributed by atoms with Gasteiger partial charge in [0, 0.05) is 19.8 Å². The minimum atomic E-state index is 0.0262. The lowest BCUT2D eigenvalue weighted by Crippen LogP contribution is -2.36. The maximum absolute atomic E-state index is 13.1. The lowest BCUT2D eigenvalue weighted by atomic mass is 9.94. The maximum Gasteiger partial charge on any atom is 0.272 e. The summed E-state index contributed by atoms with van der Waals surface area (Å²) in [5.41, 5.74) is 2.41. The highest BCUT2D eigenvalue weighted by Gasteiger charge is 2.23. The molecule has 24 heavy (non-hydrogen) atoms. The van der Waals surface area contributed by atoms with Crippen LogP contribution in [0.25, 0.3) is 0 Å². The summed E-state index contributed by atoms with van der Waals surface area (Å²) in [6.07, 6.45) is 9.50. The SMILES string of the molecule is Cc1cc(C(=O)N(Cc2ccccn2)C[C@H]2CC=CCC2)n(C)n1. The lowest BCUT2D eigenvalue weighted by molar-refractivity contribution is 0.0696. The van der Waals surface area contributed by atoms with Gasteiger partial charge in [-0.15, -0.1) is 0 Å². The van der Waals surface area contributed by atoms with Crippen molar-refractivity contribution in [2.75, 3.05) is 6.54 Å². The number of nitrogens with zero attached hydrogens (tertiary/aromatic N) is 4. The smallest absolute Gasteiger partial charge is 0.272 e. The van der Waals surface area contributed by atoms with Gasteiger partial charge in [-0.05, 0) is 50.3 Å². The third kappa shape index (κ3) is 3.91. The van der Waals surface area contributed by atoms with E-state index in [2.05, 4.69) is 22.2 Å². The summed E-state index contributed by atoms with van der Waals surface area (Å²) in [6.45, 7) is 3.19. The summed E-state index contributed by atoms with van der Waals surface area (Å²) in [5, 5.41) is 4.31. The van der Waals surface area contributed by atoms with Crippen LogP contribution in [0.2, 0.25) is 0 Å². The van der Waals surface area contributed by atoms with Crippen molar-refractivity contribution in [2.24, 2.45) is 13.0 Å². The molecule has 0 saturated heterocycles. The highest BCUT2D eigenvalue weighted by atomic mass is 16.2. The average Bonchev–Trinajstić information content (AvgIpc) is 2.94. The Labute approximate surface area is 143 Å². The maximum atomic E-state index is 13.1. The molecule has 5 heteroatoms. The van der Waals surface area contributed by atoms with E-state index in [4.69, 9.17) is 0 Å². The number of rotatable bonds is 5. The van der Waals surface area contributed by atoms with E-state index in [9.17, 15) is 4.79 Å². The number of pyridine rings is 1. The molecule has 0 N–H and O–H groups in total. The molecule has 0 spiro atoms. The number of hydrogen-bond donors (Lipinski definition) is 0. The number of allylic oxidation sites excluding steroid dienone is 2. The number of hydrogen-bond acceptors (Lipinski definition) is 3. The van der Waals surface area contributed by atoms with Crippen molar-refractivity contribution in [2.45, 2.75) is 32.7 Å². The Morgan fingerprint density at radius 3 is 2.88 bits per heavy atom. The molecule has 3 rings (SSSR count). The molecule has 126 valence electrons. The second-order valence-corrected chi connectivity index (χ2v) is 6.45. The molecule has 1 aliphatic carbocycles. The van der Waals surface area contributed by atoms with Crippen molar-refractivity contribution < 1.29 is 4.79 Å². The van der Waals surface area contributed by atoms with E-state index in [0.717, 1.165) is 37.2 Å². The quantitative estimate of drug-likeness (QED) is 0.794. The summed E-state index contributed by atoms with van der Waals surface area (Å²) >= 11 is 0. The standard InChI is InChI=1S/C19H24N4O/c1-15-12-18(22(2)21-15)19(24)23(13-16-8-4-3-5-9-16)14-17-10-6-7-11-20-17/h3-4,6-7,10-12,16H,5,8-9,13-14H2,1-2H3/t16-/m0/s1. The van der Waals surface area contributed by atoms with E-state index >= 15 is 0 Å². The topological polar surface area (TPSA) is 51.0 Å². The molecule has 0 fully saturated rings. The summed E-state index contributed by atoms with van der Waals surface area (Å²) in [4.78, 5) is 19.4. The number of aryl methyl sites for hydroxylation is 2. The molecule has 2 aromatic heterocycles. The van der Waals surface area contributed by atoms with Crippen LogP contribution in [-0.2, 0) is 13.6 Å². The molecule has 1 amide bonds. The van der Waals surface area contributed by atoms with Gasteiger partial charge in [0.15, 0.2) is 0 Å². The fourth-order valence-corrected chi connectivity index (χ4v) is 3.21. The highest BCUT2D eigenvalue weighted by molar-refractivity contribution is 5.92. The fourth-order valence-electron chi connectivity index (χ4n) is 3.21. The van der Waals surface area contributed by atoms with Crippen LogP contribution in [0.4, 0.5) is 0 Å². The van der Waals surface area contributed by atoms with Crippen molar-refractivity contribution in [3.63, 3.8) is 0 Å². The van der Waals surface area contributed by atoms with Gasteiger partial charge in [0.1, 0.15) is 5.69 Å². The van der Waals surface area contributed by atoms with E-state index < -0.39 is 0 Å². The molecule has 0 unspecified atom stereocenters. The zero-order valence-corrected chi connectivity index (χ0v) is 14.4. The first kappa shape index (κ1) is 16.4. The van der Waals surface area contributed by atoms with Gasteiger partial charge < -0.3 is 4.90 Å². The first-order valence-corrected chi connectivity index (χ1v) is 8.48.